The summed E-state index contributed by atoms with van der Waals surface area (Å²) in [5, 5.41) is 17.7. The second-order valence-electron chi connectivity index (χ2n) is 2.61. The van der Waals surface area contributed by atoms with Crippen molar-refractivity contribution in [2.24, 2.45) is 5.92 Å². The van der Waals surface area contributed by atoms with Gasteiger partial charge in [-0.3, -0.25) is 0 Å². The van der Waals surface area contributed by atoms with E-state index in [0.29, 0.717) is 11.4 Å². The minimum Gasteiger partial charge on any atom is -0.197 e. The van der Waals surface area contributed by atoms with Crippen LogP contribution in [0.15, 0.2) is 24.3 Å². The van der Waals surface area contributed by atoms with Gasteiger partial charge in [-0.15, -0.1) is 0 Å². The highest BCUT2D eigenvalue weighted by atomic mass is 35.5. The Morgan fingerprint density at radius 1 is 1.23 bits per heavy atom. The molecule has 0 heterocycles. The van der Waals surface area contributed by atoms with Gasteiger partial charge in [0, 0.05) is 11.4 Å². The zero-order valence-electron chi connectivity index (χ0n) is 6.87. The van der Waals surface area contributed by atoms with E-state index < -0.39 is 5.92 Å². The Morgan fingerprint density at radius 3 is 2.38 bits per heavy atom. The molecule has 0 bridgehead atoms. The predicted molar refractivity (Wildman–Crippen MR) is 49.9 cm³/mol. The summed E-state index contributed by atoms with van der Waals surface area (Å²) in [4.78, 5) is 0. The van der Waals surface area contributed by atoms with Gasteiger partial charge in [-0.25, -0.2) is 0 Å². The maximum absolute atomic E-state index is 8.56. The minimum atomic E-state index is -0.611. The van der Waals surface area contributed by atoms with Crippen LogP contribution >= 0.6 is 11.6 Å². The number of rotatable bonds is 2. The van der Waals surface area contributed by atoms with Crippen LogP contribution in [0.1, 0.15) is 5.56 Å². The Hall–Kier alpha value is -1.51. The van der Waals surface area contributed by atoms with Gasteiger partial charge < -0.3 is 0 Å². The summed E-state index contributed by atoms with van der Waals surface area (Å²) in [7, 11) is 0. The third kappa shape index (κ3) is 2.47. The molecule has 0 saturated heterocycles. The summed E-state index contributed by atoms with van der Waals surface area (Å²) in [6, 6.07) is 11.1. The summed E-state index contributed by atoms with van der Waals surface area (Å²) in [6.45, 7) is 0. The topological polar surface area (TPSA) is 47.6 Å². The van der Waals surface area contributed by atoms with E-state index in [-0.39, 0.29) is 0 Å². The Kier molecular flexibility index (Phi) is 3.31. The standard InChI is InChI=1S/C10H7ClN2/c11-10-4-2-1-3-9(10)5-8(6-12)7-13/h1-4,8H,5H2. The van der Waals surface area contributed by atoms with Crippen molar-refractivity contribution in [2.45, 2.75) is 6.42 Å². The molecule has 0 saturated carbocycles. The van der Waals surface area contributed by atoms with Crippen molar-refractivity contribution in [3.8, 4) is 12.1 Å². The molecule has 0 aliphatic rings. The fraction of sp³-hybridized carbons (Fsp3) is 0.200. The van der Waals surface area contributed by atoms with E-state index in [1.165, 1.54) is 0 Å². The molecule has 3 heteroatoms. The molecule has 2 nitrogen and oxygen atoms in total. The molecule has 0 amide bonds. The summed E-state index contributed by atoms with van der Waals surface area (Å²) in [6.07, 6.45) is 0.396. The molecule has 0 N–H and O–H groups in total. The number of nitriles is 2. The highest BCUT2D eigenvalue weighted by Gasteiger charge is 2.08. The van der Waals surface area contributed by atoms with Crippen molar-refractivity contribution in [3.63, 3.8) is 0 Å². The second-order valence-corrected chi connectivity index (χ2v) is 3.01. The monoisotopic (exact) mass is 190 g/mol. The number of benzene rings is 1. The van der Waals surface area contributed by atoms with E-state index in [0.717, 1.165) is 5.56 Å². The molecule has 1 aromatic rings. The molecular weight excluding hydrogens is 184 g/mol. The molecule has 0 unspecified atom stereocenters. The third-order valence-electron chi connectivity index (χ3n) is 1.69. The maximum Gasteiger partial charge on any atom is 0.137 e. The normalized spacial score (nSPS) is 9.23. The molecule has 0 aromatic heterocycles. The van der Waals surface area contributed by atoms with Crippen LogP contribution in [0.5, 0.6) is 0 Å². The first-order valence-electron chi connectivity index (χ1n) is 3.80. The first kappa shape index (κ1) is 9.58. The number of hydrogen-bond acceptors (Lipinski definition) is 2. The molecule has 1 aromatic carbocycles. The lowest BCUT2D eigenvalue weighted by atomic mass is 10.0. The van der Waals surface area contributed by atoms with Crippen LogP contribution in [0.25, 0.3) is 0 Å². The van der Waals surface area contributed by atoms with Crippen LogP contribution in [0.4, 0.5) is 0 Å². The SMILES string of the molecule is N#CC(C#N)Cc1ccccc1Cl. The van der Waals surface area contributed by atoms with Gasteiger partial charge in [-0.1, -0.05) is 29.8 Å². The fourth-order valence-corrected chi connectivity index (χ4v) is 1.22. The summed E-state index contributed by atoms with van der Waals surface area (Å²) in [5.74, 6) is -0.611. The molecule has 0 aliphatic carbocycles. The van der Waals surface area contributed by atoms with E-state index in [4.69, 9.17) is 22.1 Å². The summed E-state index contributed by atoms with van der Waals surface area (Å²) >= 11 is 5.86. The Morgan fingerprint density at radius 2 is 1.85 bits per heavy atom. The number of halogens is 1. The van der Waals surface area contributed by atoms with E-state index in [1.54, 1.807) is 6.07 Å². The first-order valence-corrected chi connectivity index (χ1v) is 4.18. The average molecular weight is 191 g/mol. The molecular formula is C10H7ClN2. The van der Waals surface area contributed by atoms with Gasteiger partial charge in [0.2, 0.25) is 0 Å². The van der Waals surface area contributed by atoms with Crippen molar-refractivity contribution in [3.05, 3.63) is 34.9 Å². The van der Waals surface area contributed by atoms with E-state index in [9.17, 15) is 0 Å². The van der Waals surface area contributed by atoms with Crippen molar-refractivity contribution in [2.75, 3.05) is 0 Å². The predicted octanol–water partition coefficient (Wildman–Crippen LogP) is 2.55. The Balaban J connectivity index is 2.82. The zero-order chi connectivity index (χ0) is 9.68. The number of hydrogen-bond donors (Lipinski definition) is 0. The average Bonchev–Trinajstić information content (AvgIpc) is 2.17. The van der Waals surface area contributed by atoms with Crippen LogP contribution in [0, 0.1) is 28.6 Å². The lowest BCUT2D eigenvalue weighted by Gasteiger charge is -2.02. The van der Waals surface area contributed by atoms with Gasteiger partial charge in [0.05, 0.1) is 12.1 Å². The van der Waals surface area contributed by atoms with E-state index in [2.05, 4.69) is 0 Å². The molecule has 1 rings (SSSR count). The van der Waals surface area contributed by atoms with E-state index in [1.807, 2.05) is 30.3 Å². The van der Waals surface area contributed by atoms with Gasteiger partial charge in [0.15, 0.2) is 0 Å². The largest absolute Gasteiger partial charge is 0.197 e. The fourth-order valence-electron chi connectivity index (χ4n) is 1.00. The quantitative estimate of drug-likeness (QED) is 0.720. The van der Waals surface area contributed by atoms with Crippen molar-refractivity contribution in [1.82, 2.24) is 0 Å². The molecule has 0 radical (unpaired) electrons. The number of nitrogens with zero attached hydrogens (tertiary/aromatic N) is 2. The van der Waals surface area contributed by atoms with Crippen molar-refractivity contribution in [1.29, 1.82) is 10.5 Å². The first-order chi connectivity index (χ1) is 6.27. The maximum atomic E-state index is 8.56. The van der Waals surface area contributed by atoms with Crippen LogP contribution in [0.2, 0.25) is 5.02 Å². The lowest BCUT2D eigenvalue weighted by molar-refractivity contribution is 0.834. The third-order valence-corrected chi connectivity index (χ3v) is 2.06. The highest BCUT2D eigenvalue weighted by molar-refractivity contribution is 6.31. The Labute approximate surface area is 82.0 Å². The Bertz CT molecular complexity index is 359. The second kappa shape index (κ2) is 4.50. The van der Waals surface area contributed by atoms with Gasteiger partial charge in [0.1, 0.15) is 5.92 Å². The van der Waals surface area contributed by atoms with Gasteiger partial charge >= 0.3 is 0 Å². The molecule has 64 valence electrons. The molecule has 0 fully saturated rings. The van der Waals surface area contributed by atoms with Crippen molar-refractivity contribution >= 4 is 11.6 Å². The van der Waals surface area contributed by atoms with E-state index >= 15 is 0 Å². The molecule has 13 heavy (non-hydrogen) atoms. The van der Waals surface area contributed by atoms with Crippen LogP contribution in [-0.4, -0.2) is 0 Å². The lowest BCUT2D eigenvalue weighted by Crippen LogP contribution is -1.98. The van der Waals surface area contributed by atoms with Gasteiger partial charge in [-0.05, 0) is 11.6 Å². The molecule has 0 spiro atoms. The smallest absolute Gasteiger partial charge is 0.137 e. The highest BCUT2D eigenvalue weighted by Crippen LogP contribution is 2.18. The van der Waals surface area contributed by atoms with Crippen LogP contribution in [0.3, 0.4) is 0 Å². The molecule has 0 atom stereocenters. The minimum absolute atomic E-state index is 0.396. The zero-order valence-corrected chi connectivity index (χ0v) is 7.62. The molecule has 0 aliphatic heterocycles. The summed E-state index contributed by atoms with van der Waals surface area (Å²) in [5.41, 5.74) is 0.845. The van der Waals surface area contributed by atoms with Gasteiger partial charge in [-0.2, -0.15) is 10.5 Å². The van der Waals surface area contributed by atoms with Gasteiger partial charge in [0.25, 0.3) is 0 Å². The van der Waals surface area contributed by atoms with Crippen LogP contribution in [-0.2, 0) is 6.42 Å². The summed E-state index contributed by atoms with van der Waals surface area (Å²) < 4.78 is 0. The van der Waals surface area contributed by atoms with Crippen LogP contribution < -0.4 is 0 Å². The van der Waals surface area contributed by atoms with Crippen molar-refractivity contribution < 1.29 is 0 Å².